The Morgan fingerprint density at radius 1 is 1.19 bits per heavy atom. The zero-order valence-corrected chi connectivity index (χ0v) is 19.8. The van der Waals surface area contributed by atoms with E-state index in [1.165, 1.54) is 18.6 Å². The quantitative estimate of drug-likeness (QED) is 0.279. The Bertz CT molecular complexity index is 1400. The summed E-state index contributed by atoms with van der Waals surface area (Å²) in [5, 5.41) is 16.1. The fourth-order valence-corrected chi connectivity index (χ4v) is 4.40. The number of H-pyrrole nitrogens is 1. The molecule has 1 aliphatic heterocycles. The maximum absolute atomic E-state index is 13.5. The first-order valence-electron chi connectivity index (χ1n) is 11.4. The summed E-state index contributed by atoms with van der Waals surface area (Å²) in [6.07, 6.45) is 7.41. The van der Waals surface area contributed by atoms with Crippen molar-refractivity contribution in [3.8, 4) is 0 Å². The minimum Gasteiger partial charge on any atom is -0.394 e. The molecule has 0 saturated carbocycles. The van der Waals surface area contributed by atoms with Crippen LogP contribution in [-0.2, 0) is 4.74 Å². The average Bonchev–Trinajstić information content (AvgIpc) is 3.35. The molecule has 1 amide bonds. The molecule has 1 fully saturated rings. The van der Waals surface area contributed by atoms with Crippen LogP contribution in [0.15, 0.2) is 55.2 Å². The van der Waals surface area contributed by atoms with Crippen molar-refractivity contribution in [1.82, 2.24) is 19.9 Å². The Kier molecular flexibility index (Phi) is 6.90. The highest BCUT2D eigenvalue weighted by molar-refractivity contribution is 6.36. The smallest absolute Gasteiger partial charge is 0.257 e. The molecule has 3 aromatic heterocycles. The van der Waals surface area contributed by atoms with Gasteiger partial charge in [-0.25, -0.2) is 9.97 Å². The van der Waals surface area contributed by atoms with E-state index in [1.54, 1.807) is 36.7 Å². The number of benzene rings is 1. The number of carbonyl (C=O) groups excluding carboxylic acids is 2. The second kappa shape index (κ2) is 10.4. The van der Waals surface area contributed by atoms with E-state index < -0.39 is 0 Å². The molecule has 1 saturated heterocycles. The number of ether oxygens (including phenoxy) is 1. The molecular weight excluding hydrogens is 484 g/mol. The summed E-state index contributed by atoms with van der Waals surface area (Å²) in [7, 11) is 0. The van der Waals surface area contributed by atoms with Crippen LogP contribution in [0.25, 0.3) is 11.0 Å². The summed E-state index contributed by atoms with van der Waals surface area (Å²) < 4.78 is 5.65. The average molecular weight is 507 g/mol. The molecule has 0 bridgehead atoms. The van der Waals surface area contributed by atoms with Crippen molar-refractivity contribution < 1.29 is 19.4 Å². The van der Waals surface area contributed by atoms with Crippen molar-refractivity contribution in [2.45, 2.75) is 25.0 Å². The van der Waals surface area contributed by atoms with E-state index in [0.29, 0.717) is 40.3 Å². The van der Waals surface area contributed by atoms with Gasteiger partial charge in [-0.2, -0.15) is 0 Å². The summed E-state index contributed by atoms with van der Waals surface area (Å²) in [5.74, 6) is -0.133. The minimum atomic E-state index is -0.334. The molecule has 10 nitrogen and oxygen atoms in total. The second-order valence-corrected chi connectivity index (χ2v) is 8.83. The molecule has 11 heteroatoms. The Balaban J connectivity index is 1.38. The molecule has 184 valence electrons. The van der Waals surface area contributed by atoms with E-state index in [1.807, 2.05) is 0 Å². The Morgan fingerprint density at radius 3 is 2.81 bits per heavy atom. The highest BCUT2D eigenvalue weighted by atomic mass is 35.5. The number of hydrogen-bond donors (Lipinski definition) is 4. The molecule has 0 unspecified atom stereocenters. The number of anilines is 2. The van der Waals surface area contributed by atoms with Crippen LogP contribution in [0.4, 0.5) is 11.5 Å². The summed E-state index contributed by atoms with van der Waals surface area (Å²) >= 11 is 6.47. The lowest BCUT2D eigenvalue weighted by molar-refractivity contribution is -0.0224. The van der Waals surface area contributed by atoms with Crippen molar-refractivity contribution in [2.24, 2.45) is 0 Å². The molecule has 4 aromatic rings. The van der Waals surface area contributed by atoms with Gasteiger partial charge in [-0.3, -0.25) is 14.6 Å². The summed E-state index contributed by atoms with van der Waals surface area (Å²) in [4.78, 5) is 41.5. The van der Waals surface area contributed by atoms with Gasteiger partial charge in [0.05, 0.1) is 46.9 Å². The number of aromatic amines is 1. The van der Waals surface area contributed by atoms with Gasteiger partial charge in [-0.1, -0.05) is 11.6 Å². The van der Waals surface area contributed by atoms with E-state index in [4.69, 9.17) is 16.3 Å². The number of nitrogens with one attached hydrogen (secondary N) is 3. The summed E-state index contributed by atoms with van der Waals surface area (Å²) in [6, 6.07) is 8.03. The van der Waals surface area contributed by atoms with Crippen LogP contribution in [0.3, 0.4) is 0 Å². The lowest BCUT2D eigenvalue weighted by Gasteiger charge is -2.29. The third kappa shape index (κ3) is 4.92. The molecule has 4 heterocycles. The van der Waals surface area contributed by atoms with Gasteiger partial charge in [0.15, 0.2) is 5.78 Å². The van der Waals surface area contributed by atoms with E-state index >= 15 is 0 Å². The van der Waals surface area contributed by atoms with E-state index in [0.717, 1.165) is 12.8 Å². The number of ketones is 1. The first-order chi connectivity index (χ1) is 17.5. The molecule has 1 aromatic carbocycles. The van der Waals surface area contributed by atoms with Gasteiger partial charge >= 0.3 is 0 Å². The van der Waals surface area contributed by atoms with Gasteiger partial charge in [0.25, 0.3) is 5.91 Å². The first kappa shape index (κ1) is 23.9. The maximum atomic E-state index is 13.5. The monoisotopic (exact) mass is 506 g/mol. The molecule has 0 radical (unpaired) electrons. The number of aliphatic hydroxyl groups is 1. The van der Waals surface area contributed by atoms with Crippen molar-refractivity contribution in [3.63, 3.8) is 0 Å². The largest absolute Gasteiger partial charge is 0.394 e. The zero-order chi connectivity index (χ0) is 25.1. The molecule has 0 aliphatic carbocycles. The van der Waals surface area contributed by atoms with Crippen LogP contribution in [0, 0.1) is 0 Å². The summed E-state index contributed by atoms with van der Waals surface area (Å²) in [6.45, 7) is 0.413. The highest BCUT2D eigenvalue weighted by Gasteiger charge is 2.25. The van der Waals surface area contributed by atoms with Crippen molar-refractivity contribution in [3.05, 3.63) is 77.0 Å². The van der Waals surface area contributed by atoms with Gasteiger partial charge < -0.3 is 25.5 Å². The predicted octanol–water partition coefficient (Wildman–Crippen LogP) is 3.44. The van der Waals surface area contributed by atoms with E-state index in [9.17, 15) is 14.7 Å². The van der Waals surface area contributed by atoms with Crippen LogP contribution in [0.1, 0.15) is 39.1 Å². The number of rotatable bonds is 7. The highest BCUT2D eigenvalue weighted by Crippen LogP contribution is 2.30. The van der Waals surface area contributed by atoms with Crippen molar-refractivity contribution in [1.29, 1.82) is 0 Å². The number of nitrogens with zero attached hydrogens (tertiary/aromatic N) is 3. The van der Waals surface area contributed by atoms with Gasteiger partial charge in [-0.15, -0.1) is 0 Å². The standard InChI is InChI=1S/C25H23ClN6O4/c26-20-8-15(32-25(35)14-2-1-7-27-9-14)4-6-18(20)22(34)19-10-28-23-21(19)24(30-13-29-23)31-16-3-5-17(11-33)36-12-16/h1-2,4,6-10,13,16-17,33H,3,5,11-12H2,(H,32,35)(H2,28,29,30,31)/t16-,17+/m1/s1. The number of aliphatic hydroxyl groups excluding tert-OH is 1. The predicted molar refractivity (Wildman–Crippen MR) is 134 cm³/mol. The molecular formula is C25H23ClN6O4. The van der Waals surface area contributed by atoms with E-state index in [-0.39, 0.29) is 41.0 Å². The minimum absolute atomic E-state index is 0.00632. The van der Waals surface area contributed by atoms with Crippen LogP contribution >= 0.6 is 11.6 Å². The summed E-state index contributed by atoms with van der Waals surface area (Å²) in [5.41, 5.74) is 2.01. The number of carbonyl (C=O) groups is 2. The lowest BCUT2D eigenvalue weighted by Crippen LogP contribution is -2.36. The van der Waals surface area contributed by atoms with Crippen molar-refractivity contribution >= 4 is 45.8 Å². The topological polar surface area (TPSA) is 142 Å². The van der Waals surface area contributed by atoms with Gasteiger partial charge in [-0.05, 0) is 43.2 Å². The van der Waals surface area contributed by atoms with Crippen LogP contribution < -0.4 is 10.6 Å². The number of pyridine rings is 1. The van der Waals surface area contributed by atoms with E-state index in [2.05, 4.69) is 30.6 Å². The molecule has 4 N–H and O–H groups in total. The molecule has 0 spiro atoms. The molecule has 5 rings (SSSR count). The fraction of sp³-hybridized carbons (Fsp3) is 0.240. The number of fused-ring (bicyclic) bond motifs is 1. The number of aromatic nitrogens is 4. The molecule has 36 heavy (non-hydrogen) atoms. The Hall–Kier alpha value is -3.86. The Morgan fingerprint density at radius 2 is 2.08 bits per heavy atom. The third-order valence-corrected chi connectivity index (χ3v) is 6.34. The van der Waals surface area contributed by atoms with Gasteiger partial charge in [0.2, 0.25) is 0 Å². The first-order valence-corrected chi connectivity index (χ1v) is 11.8. The normalized spacial score (nSPS) is 17.6. The maximum Gasteiger partial charge on any atom is 0.257 e. The molecule has 2 atom stereocenters. The van der Waals surface area contributed by atoms with Gasteiger partial charge in [0.1, 0.15) is 17.8 Å². The van der Waals surface area contributed by atoms with Crippen LogP contribution in [0.5, 0.6) is 0 Å². The lowest BCUT2D eigenvalue weighted by atomic mass is 10.0. The SMILES string of the molecule is O=C(Nc1ccc(C(=O)c2c[nH]c3ncnc(N[C@@H]4CC[C@@H](CO)OC4)c23)c(Cl)c1)c1cccnc1. The fourth-order valence-electron chi connectivity index (χ4n) is 4.13. The van der Waals surface area contributed by atoms with Crippen LogP contribution in [-0.4, -0.2) is 62.1 Å². The molecule has 1 aliphatic rings. The number of halogens is 1. The number of amides is 1. The second-order valence-electron chi connectivity index (χ2n) is 8.42. The van der Waals surface area contributed by atoms with Crippen molar-refractivity contribution in [2.75, 3.05) is 23.8 Å². The van der Waals surface area contributed by atoms with Gasteiger partial charge in [0, 0.05) is 29.8 Å². The third-order valence-electron chi connectivity index (χ3n) is 6.02. The van der Waals surface area contributed by atoms with Crippen LogP contribution in [0.2, 0.25) is 5.02 Å². The zero-order valence-electron chi connectivity index (χ0n) is 19.1. The Labute approximate surface area is 211 Å². The number of hydrogen-bond acceptors (Lipinski definition) is 8.